The van der Waals surface area contributed by atoms with E-state index < -0.39 is 0 Å². The summed E-state index contributed by atoms with van der Waals surface area (Å²) >= 11 is 3.84. The molecule has 101 heavy (non-hydrogen) atoms. The first-order valence-corrected chi connectivity index (χ1v) is 36.3. The summed E-state index contributed by atoms with van der Waals surface area (Å²) in [6.45, 7) is 0. The molecule has 0 N–H and O–H groups in total. The van der Waals surface area contributed by atoms with Crippen molar-refractivity contribution in [1.29, 1.82) is 0 Å². The maximum Gasteiger partial charge on any atom is 0.0541 e. The minimum atomic E-state index is 1.10. The largest absolute Gasteiger partial charge is 0.309 e. The summed E-state index contributed by atoms with van der Waals surface area (Å²) in [6.07, 6.45) is 0. The summed E-state index contributed by atoms with van der Waals surface area (Å²) < 4.78 is 7.63. The van der Waals surface area contributed by atoms with Crippen LogP contribution in [0.2, 0.25) is 0 Å². The maximum atomic E-state index is 2.51. The van der Waals surface area contributed by atoms with Crippen molar-refractivity contribution >= 4 is 106 Å². The lowest BCUT2D eigenvalue weighted by molar-refractivity contribution is 1.18. The summed E-state index contributed by atoms with van der Waals surface area (Å²) in [5.74, 6) is 0. The first-order valence-electron chi connectivity index (χ1n) is 34.7. The maximum absolute atomic E-state index is 2.51. The van der Waals surface area contributed by atoms with E-state index in [2.05, 4.69) is 375 Å². The van der Waals surface area contributed by atoms with Crippen molar-refractivity contribution in [3.63, 3.8) is 0 Å². The molecule has 1 nitrogen and oxygen atoms in total. The third-order valence-electron chi connectivity index (χ3n) is 20.7. The van der Waals surface area contributed by atoms with Crippen LogP contribution < -0.4 is 0 Å². The molecule has 0 fully saturated rings. The lowest BCUT2D eigenvalue weighted by Crippen LogP contribution is -1.95. The molecule has 20 rings (SSSR count). The zero-order valence-electron chi connectivity index (χ0n) is 55.0. The molecule has 0 atom stereocenters. The summed E-state index contributed by atoms with van der Waals surface area (Å²) in [5.41, 5.74) is 27.6. The molecular formula is C98H61NS2. The topological polar surface area (TPSA) is 4.93 Å². The number of hydrogen-bond donors (Lipinski definition) is 0. The fraction of sp³-hybridized carbons (Fsp3) is 0. The van der Waals surface area contributed by atoms with Gasteiger partial charge in [-0.05, 0) is 195 Å². The molecule has 20 aromatic rings. The van der Waals surface area contributed by atoms with Crippen molar-refractivity contribution in [2.75, 3.05) is 0 Å². The molecule has 0 aliphatic carbocycles. The molecule has 0 spiro atoms. The molecule has 0 aliphatic heterocycles. The number of fused-ring (bicyclic) bond motifs is 11. The Balaban J connectivity index is 0.840. The number of hydrogen-bond acceptors (Lipinski definition) is 2. The molecule has 3 aromatic heterocycles. The quantitative estimate of drug-likeness (QED) is 0.114. The van der Waals surface area contributed by atoms with Crippen LogP contribution in [0.5, 0.6) is 0 Å². The fourth-order valence-corrected chi connectivity index (χ4v) is 18.7. The highest BCUT2D eigenvalue weighted by Gasteiger charge is 2.24. The predicted octanol–water partition coefficient (Wildman–Crippen LogP) is 28.5. The third-order valence-corrected chi connectivity index (χ3v) is 23.3. The number of aromatic nitrogens is 1. The van der Waals surface area contributed by atoms with Gasteiger partial charge in [0.1, 0.15) is 0 Å². The Morgan fingerprint density at radius 2 is 0.396 bits per heavy atom. The highest BCUT2D eigenvalue weighted by molar-refractivity contribution is 7.27. The van der Waals surface area contributed by atoms with Crippen molar-refractivity contribution in [3.8, 4) is 117 Å². The van der Waals surface area contributed by atoms with E-state index in [1.165, 1.54) is 184 Å². The van der Waals surface area contributed by atoms with Crippen molar-refractivity contribution in [2.45, 2.75) is 0 Å². The second-order valence-corrected chi connectivity index (χ2v) is 28.6. The van der Waals surface area contributed by atoms with Gasteiger partial charge in [0.15, 0.2) is 0 Å². The van der Waals surface area contributed by atoms with Gasteiger partial charge in [0, 0.05) is 79.1 Å². The summed E-state index contributed by atoms with van der Waals surface area (Å²) in [7, 11) is 0. The highest BCUT2D eigenvalue weighted by atomic mass is 32.1. The van der Waals surface area contributed by atoms with Crippen LogP contribution in [0.3, 0.4) is 0 Å². The standard InChI is InChI=1S/C98H61NS2/c1-8-26-62(27-9-1)72-54-81(66-34-16-5-17-35-66)95-87(58-72)89-60-74(64-30-12-3-13-31-64)56-83(97(89)100-95)70-46-50-91-85(52-70)86-53-71(47-51-92(86)99(91)76-48-44-69(45-49-76)94-79-42-24-22-40-77(79)93(68-38-20-7-21-39-68)78-41-23-25-43-80(78)94)84-57-75(65-32-14-4-15-33-65)61-90-88-59-73(63-28-10-2-11-29-63)55-82(96(88)101-98(84)90)67-36-18-6-19-37-67/h1-61H. The number of benzene rings is 17. The fourth-order valence-electron chi connectivity index (χ4n) is 16.0. The van der Waals surface area contributed by atoms with Gasteiger partial charge in [-0.1, -0.05) is 285 Å². The molecule has 0 radical (unpaired) electrons. The van der Waals surface area contributed by atoms with Gasteiger partial charge in [-0.3, -0.25) is 0 Å². The Hall–Kier alpha value is -12.5. The lowest BCUT2D eigenvalue weighted by atomic mass is 9.86. The third kappa shape index (κ3) is 9.95. The van der Waals surface area contributed by atoms with E-state index in [0.717, 1.165) is 16.7 Å². The normalized spacial score (nSPS) is 11.8. The van der Waals surface area contributed by atoms with E-state index in [4.69, 9.17) is 0 Å². The second-order valence-electron chi connectivity index (χ2n) is 26.6. The molecule has 0 aliphatic rings. The Labute approximate surface area is 593 Å². The van der Waals surface area contributed by atoms with Crippen LogP contribution in [-0.4, -0.2) is 4.57 Å². The van der Waals surface area contributed by atoms with Crippen LogP contribution >= 0.6 is 22.7 Å². The molecule has 470 valence electrons. The van der Waals surface area contributed by atoms with E-state index in [9.17, 15) is 0 Å². The highest BCUT2D eigenvalue weighted by Crippen LogP contribution is 2.52. The van der Waals surface area contributed by atoms with E-state index in [1.54, 1.807) is 0 Å². The molecule has 3 heterocycles. The Bertz CT molecular complexity index is 6250. The first-order chi connectivity index (χ1) is 50.1. The molecule has 0 unspecified atom stereocenters. The molecular weight excluding hydrogens is 1260 g/mol. The monoisotopic (exact) mass is 1320 g/mol. The smallest absolute Gasteiger partial charge is 0.0541 e. The summed E-state index contributed by atoms with van der Waals surface area (Å²) in [4.78, 5) is 0. The van der Waals surface area contributed by atoms with Crippen LogP contribution in [0.15, 0.2) is 370 Å². The van der Waals surface area contributed by atoms with Crippen molar-refractivity contribution in [3.05, 3.63) is 370 Å². The van der Waals surface area contributed by atoms with E-state index in [-0.39, 0.29) is 0 Å². The van der Waals surface area contributed by atoms with E-state index >= 15 is 0 Å². The van der Waals surface area contributed by atoms with Crippen molar-refractivity contribution < 1.29 is 0 Å². The molecule has 0 amide bonds. The second kappa shape index (κ2) is 24.2. The average molecular weight is 1320 g/mol. The van der Waals surface area contributed by atoms with E-state index in [1.807, 2.05) is 22.7 Å². The SMILES string of the molecule is c1ccc(-c2cc(-c3ccccc3)c3sc4c(-c5ccc6c(c5)c5cc(-c7cc(-c8ccccc8)cc8c7sc7c(-c9ccccc9)cc(-c9ccccc9)cc78)ccc5n6-c5ccc(-c6c7ccccc7c(-c7ccccc7)c7ccccc67)cc5)cc(-c5ccccc5)cc4c3c2)cc1. The van der Waals surface area contributed by atoms with Gasteiger partial charge in [-0.25, -0.2) is 0 Å². The first kappa shape index (κ1) is 58.6. The lowest BCUT2D eigenvalue weighted by Gasteiger charge is -2.18. The summed E-state index contributed by atoms with van der Waals surface area (Å²) in [6, 6.07) is 138. The van der Waals surface area contributed by atoms with E-state index in [0.29, 0.717) is 0 Å². The van der Waals surface area contributed by atoms with Crippen LogP contribution in [-0.2, 0) is 0 Å². The van der Waals surface area contributed by atoms with Gasteiger partial charge in [0.05, 0.1) is 11.0 Å². The minimum Gasteiger partial charge on any atom is -0.309 e. The number of thiophene rings is 2. The Morgan fingerprint density at radius 1 is 0.158 bits per heavy atom. The zero-order valence-corrected chi connectivity index (χ0v) is 56.6. The van der Waals surface area contributed by atoms with Gasteiger partial charge < -0.3 is 4.57 Å². The van der Waals surface area contributed by atoms with Crippen LogP contribution in [0.1, 0.15) is 0 Å². The van der Waals surface area contributed by atoms with Crippen LogP contribution in [0.25, 0.3) is 201 Å². The van der Waals surface area contributed by atoms with Gasteiger partial charge in [0.25, 0.3) is 0 Å². The minimum absolute atomic E-state index is 1.10. The molecule has 3 heteroatoms. The Kier molecular flexibility index (Phi) is 14.0. The van der Waals surface area contributed by atoms with Crippen molar-refractivity contribution in [2.24, 2.45) is 0 Å². The average Bonchev–Trinajstić information content (AvgIpc) is 1.28. The summed E-state index contributed by atoms with van der Waals surface area (Å²) in [5, 5.41) is 12.4. The van der Waals surface area contributed by atoms with Gasteiger partial charge in [0.2, 0.25) is 0 Å². The number of rotatable bonds is 11. The van der Waals surface area contributed by atoms with Crippen LogP contribution in [0, 0.1) is 0 Å². The Morgan fingerprint density at radius 3 is 0.703 bits per heavy atom. The number of nitrogens with zero attached hydrogens (tertiary/aromatic N) is 1. The van der Waals surface area contributed by atoms with Gasteiger partial charge >= 0.3 is 0 Å². The molecule has 0 saturated heterocycles. The zero-order chi connectivity index (χ0) is 66.5. The van der Waals surface area contributed by atoms with Gasteiger partial charge in [-0.15, -0.1) is 22.7 Å². The van der Waals surface area contributed by atoms with Gasteiger partial charge in [-0.2, -0.15) is 0 Å². The van der Waals surface area contributed by atoms with Crippen molar-refractivity contribution in [1.82, 2.24) is 4.57 Å². The predicted molar refractivity (Wildman–Crippen MR) is 436 cm³/mol. The molecule has 0 bridgehead atoms. The van der Waals surface area contributed by atoms with Crippen LogP contribution in [0.4, 0.5) is 0 Å². The molecule has 17 aromatic carbocycles. The molecule has 0 saturated carbocycles.